The lowest BCUT2D eigenvalue weighted by atomic mass is 10.2. The molecule has 0 fully saturated rings. The van der Waals surface area contributed by atoms with Crippen molar-refractivity contribution in [3.8, 4) is 0 Å². The smallest absolute Gasteiger partial charge is 0.421 e. The van der Waals surface area contributed by atoms with Crippen LogP contribution in [0.1, 0.15) is 20.8 Å². The lowest BCUT2D eigenvalue weighted by Gasteiger charge is -2.28. The molecule has 0 radical (unpaired) electrons. The van der Waals surface area contributed by atoms with E-state index in [2.05, 4.69) is 9.71 Å². The molecule has 1 aromatic rings. The molecule has 1 aliphatic heterocycles. The zero-order chi connectivity index (χ0) is 16.5. The van der Waals surface area contributed by atoms with Gasteiger partial charge in [0.1, 0.15) is 0 Å². The number of carbonyl (C=O) groups excluding carboxylic acids is 1. The van der Waals surface area contributed by atoms with Gasteiger partial charge in [-0.25, -0.2) is 22.8 Å². The van der Waals surface area contributed by atoms with E-state index in [1.165, 1.54) is 6.07 Å². The molecule has 0 bridgehead atoms. The van der Waals surface area contributed by atoms with E-state index in [0.717, 1.165) is 16.2 Å². The highest BCUT2D eigenvalue weighted by atomic mass is 35.5. The van der Waals surface area contributed by atoms with Crippen molar-refractivity contribution >= 4 is 50.7 Å². The standard InChI is InChI=1S/C12H16ClN3O4S2/c1-4-20-12(17)16-8-5-9(13)21-10(8)22(18,19)15-11(16)14-6-7(2)3/h5,7H,4,6H2,1-3H3,(H,14,15). The molecule has 0 unspecified atom stereocenters. The largest absolute Gasteiger partial charge is 0.449 e. The number of anilines is 1. The van der Waals surface area contributed by atoms with Gasteiger partial charge in [-0.3, -0.25) is 4.99 Å². The highest BCUT2D eigenvalue weighted by molar-refractivity contribution is 7.92. The summed E-state index contributed by atoms with van der Waals surface area (Å²) in [5, 5.41) is 0. The van der Waals surface area contributed by atoms with E-state index in [4.69, 9.17) is 16.3 Å². The SMILES string of the molecule is CCOC(=O)N1C(=NCC(C)C)NS(=O)(=O)c2sc(Cl)cc21. The van der Waals surface area contributed by atoms with Crippen LogP contribution in [-0.2, 0) is 14.8 Å². The van der Waals surface area contributed by atoms with Crippen molar-refractivity contribution in [3.05, 3.63) is 10.4 Å². The van der Waals surface area contributed by atoms with Crippen molar-refractivity contribution in [2.75, 3.05) is 18.1 Å². The normalized spacial score (nSPS) is 18.2. The Balaban J connectivity index is 2.55. The van der Waals surface area contributed by atoms with Crippen molar-refractivity contribution in [2.45, 2.75) is 25.0 Å². The average molecular weight is 366 g/mol. The second kappa shape index (κ2) is 6.43. The van der Waals surface area contributed by atoms with E-state index in [9.17, 15) is 13.2 Å². The third-order valence-electron chi connectivity index (χ3n) is 2.63. The Kier molecular flexibility index (Phi) is 4.98. The molecule has 10 heteroatoms. The van der Waals surface area contributed by atoms with Crippen molar-refractivity contribution < 1.29 is 17.9 Å². The van der Waals surface area contributed by atoms with E-state index in [-0.39, 0.29) is 32.7 Å². The second-order valence-electron chi connectivity index (χ2n) is 4.92. The van der Waals surface area contributed by atoms with E-state index in [1.54, 1.807) is 6.92 Å². The van der Waals surface area contributed by atoms with Gasteiger partial charge in [0.15, 0.2) is 4.21 Å². The minimum absolute atomic E-state index is 0.0333. The molecule has 1 aromatic heterocycles. The maximum atomic E-state index is 12.2. The molecule has 2 heterocycles. The monoisotopic (exact) mass is 365 g/mol. The van der Waals surface area contributed by atoms with Crippen molar-refractivity contribution in [1.82, 2.24) is 4.72 Å². The number of carbonyl (C=O) groups is 1. The summed E-state index contributed by atoms with van der Waals surface area (Å²) >= 11 is 6.78. The molecule has 0 saturated carbocycles. The number of nitrogens with one attached hydrogen (secondary N) is 1. The topological polar surface area (TPSA) is 88.1 Å². The summed E-state index contributed by atoms with van der Waals surface area (Å²) in [6.07, 6.45) is -0.705. The molecule has 22 heavy (non-hydrogen) atoms. The molecule has 0 aliphatic carbocycles. The number of sulfonamides is 1. The molecule has 0 aromatic carbocycles. The third kappa shape index (κ3) is 3.36. The van der Waals surface area contributed by atoms with Crippen molar-refractivity contribution in [2.24, 2.45) is 10.9 Å². The summed E-state index contributed by atoms with van der Waals surface area (Å²) in [5.41, 5.74) is 0.162. The molecule has 0 saturated heterocycles. The number of guanidine groups is 1. The minimum Gasteiger partial charge on any atom is -0.449 e. The summed E-state index contributed by atoms with van der Waals surface area (Å²) in [4.78, 5) is 17.5. The molecular formula is C12H16ClN3O4S2. The van der Waals surface area contributed by atoms with E-state index in [1.807, 2.05) is 13.8 Å². The van der Waals surface area contributed by atoms with Crippen LogP contribution in [-0.4, -0.2) is 33.6 Å². The van der Waals surface area contributed by atoms with Crippen LogP contribution in [0.15, 0.2) is 15.3 Å². The van der Waals surface area contributed by atoms with E-state index in [0.29, 0.717) is 6.54 Å². The van der Waals surface area contributed by atoms with Gasteiger partial charge in [-0.05, 0) is 18.9 Å². The fourth-order valence-corrected chi connectivity index (χ4v) is 4.58. The van der Waals surface area contributed by atoms with Gasteiger partial charge in [-0.2, -0.15) is 0 Å². The molecule has 1 amide bonds. The molecule has 1 aliphatic rings. The van der Waals surface area contributed by atoms with Gasteiger partial charge in [0.25, 0.3) is 10.0 Å². The zero-order valence-corrected chi connectivity index (χ0v) is 14.7. The number of thiophene rings is 1. The molecule has 2 rings (SSSR count). The third-order valence-corrected chi connectivity index (χ3v) is 5.73. The summed E-state index contributed by atoms with van der Waals surface area (Å²) in [5.74, 6) is 0.127. The van der Waals surface area contributed by atoms with Gasteiger partial charge in [-0.15, -0.1) is 11.3 Å². The van der Waals surface area contributed by atoms with Gasteiger partial charge >= 0.3 is 6.09 Å². The maximum absolute atomic E-state index is 12.2. The molecule has 0 spiro atoms. The Hall–Kier alpha value is -1.32. The van der Waals surface area contributed by atoms with Crippen LogP contribution < -0.4 is 9.62 Å². The number of hydrogen-bond donors (Lipinski definition) is 1. The van der Waals surface area contributed by atoms with Crippen LogP contribution in [0.3, 0.4) is 0 Å². The molecule has 7 nitrogen and oxygen atoms in total. The molecule has 122 valence electrons. The van der Waals surface area contributed by atoms with Gasteiger partial charge in [0.05, 0.1) is 16.6 Å². The average Bonchev–Trinajstić information content (AvgIpc) is 2.78. The summed E-state index contributed by atoms with van der Waals surface area (Å²) < 4.78 is 32.0. The first kappa shape index (κ1) is 17.0. The van der Waals surface area contributed by atoms with Gasteiger partial charge in [0.2, 0.25) is 5.96 Å². The van der Waals surface area contributed by atoms with Gasteiger partial charge in [-0.1, -0.05) is 25.4 Å². The van der Waals surface area contributed by atoms with Crippen LogP contribution >= 0.6 is 22.9 Å². The summed E-state index contributed by atoms with van der Waals surface area (Å²) in [6, 6.07) is 1.42. The van der Waals surface area contributed by atoms with E-state index < -0.39 is 16.1 Å². The molecule has 1 N–H and O–H groups in total. The predicted octanol–water partition coefficient (Wildman–Crippen LogP) is 2.67. The number of amides is 1. The number of hydrogen-bond acceptors (Lipinski definition) is 6. The lowest BCUT2D eigenvalue weighted by Crippen LogP contribution is -2.51. The van der Waals surface area contributed by atoms with Gasteiger partial charge < -0.3 is 4.74 Å². The first-order chi connectivity index (χ1) is 10.3. The van der Waals surface area contributed by atoms with Gasteiger partial charge in [0, 0.05) is 6.54 Å². The molecular weight excluding hydrogens is 350 g/mol. The predicted molar refractivity (Wildman–Crippen MR) is 86.3 cm³/mol. The van der Waals surface area contributed by atoms with Crippen LogP contribution in [0.4, 0.5) is 10.5 Å². The Labute approximate surface area is 138 Å². The Bertz CT molecular complexity index is 712. The fourth-order valence-electron chi connectivity index (χ4n) is 1.76. The first-order valence-electron chi connectivity index (χ1n) is 6.59. The first-order valence-corrected chi connectivity index (χ1v) is 9.27. The van der Waals surface area contributed by atoms with Crippen LogP contribution in [0.25, 0.3) is 0 Å². The van der Waals surface area contributed by atoms with Crippen molar-refractivity contribution in [1.29, 1.82) is 0 Å². The number of halogens is 1. The second-order valence-corrected chi connectivity index (χ2v) is 8.48. The number of nitrogens with zero attached hydrogens (tertiary/aromatic N) is 2. The number of fused-ring (bicyclic) bond motifs is 1. The number of rotatable bonds is 3. The Morgan fingerprint density at radius 1 is 1.55 bits per heavy atom. The Morgan fingerprint density at radius 2 is 2.23 bits per heavy atom. The highest BCUT2D eigenvalue weighted by Crippen LogP contribution is 2.39. The highest BCUT2D eigenvalue weighted by Gasteiger charge is 2.39. The summed E-state index contributed by atoms with van der Waals surface area (Å²) in [7, 11) is -3.80. The Morgan fingerprint density at radius 3 is 2.82 bits per heavy atom. The number of ether oxygens (including phenoxy) is 1. The van der Waals surface area contributed by atoms with Crippen LogP contribution in [0.5, 0.6) is 0 Å². The van der Waals surface area contributed by atoms with E-state index >= 15 is 0 Å². The molecule has 0 atom stereocenters. The quantitative estimate of drug-likeness (QED) is 0.891. The number of aliphatic imine (C=N–C) groups is 1. The van der Waals surface area contributed by atoms with Crippen LogP contribution in [0.2, 0.25) is 4.34 Å². The maximum Gasteiger partial charge on any atom is 0.421 e. The van der Waals surface area contributed by atoms with Crippen molar-refractivity contribution in [3.63, 3.8) is 0 Å². The van der Waals surface area contributed by atoms with Crippen LogP contribution in [0, 0.1) is 5.92 Å². The summed E-state index contributed by atoms with van der Waals surface area (Å²) in [6.45, 7) is 6.05. The minimum atomic E-state index is -3.80. The zero-order valence-electron chi connectivity index (χ0n) is 12.3. The lowest BCUT2D eigenvalue weighted by molar-refractivity contribution is 0.163. The fraction of sp³-hybridized carbons (Fsp3) is 0.500.